The second-order valence-electron chi connectivity index (χ2n) is 6.19. The summed E-state index contributed by atoms with van der Waals surface area (Å²) in [5.41, 5.74) is 3.63. The summed E-state index contributed by atoms with van der Waals surface area (Å²) in [5, 5.41) is 12.9. The minimum absolute atomic E-state index is 0.0318. The fourth-order valence-corrected chi connectivity index (χ4v) is 2.73. The Bertz CT molecular complexity index is 942. The summed E-state index contributed by atoms with van der Waals surface area (Å²) in [6, 6.07) is 8.37. The maximum Gasteiger partial charge on any atom is 0.255 e. The number of nitrogens with zero attached hydrogens (tertiary/aromatic N) is 3. The van der Waals surface area contributed by atoms with Crippen LogP contribution in [0.2, 0.25) is 0 Å². The number of nitrogens with one attached hydrogen (secondary N) is 1. The van der Waals surface area contributed by atoms with Gasteiger partial charge in [-0.1, -0.05) is 6.07 Å². The van der Waals surface area contributed by atoms with Crippen molar-refractivity contribution in [3.63, 3.8) is 0 Å². The van der Waals surface area contributed by atoms with Gasteiger partial charge in [0.2, 0.25) is 0 Å². The van der Waals surface area contributed by atoms with Crippen LogP contribution in [0, 0.1) is 13.8 Å². The zero-order chi connectivity index (χ0) is 18.7. The van der Waals surface area contributed by atoms with Crippen LogP contribution in [0.25, 0.3) is 11.4 Å². The molecule has 0 fully saturated rings. The molecule has 26 heavy (non-hydrogen) atoms. The van der Waals surface area contributed by atoms with Crippen LogP contribution in [0.5, 0.6) is 5.75 Å². The molecule has 6 heteroatoms. The first-order valence-corrected chi connectivity index (χ1v) is 8.30. The van der Waals surface area contributed by atoms with Crippen LogP contribution < -0.4 is 5.32 Å². The van der Waals surface area contributed by atoms with Gasteiger partial charge in [0.1, 0.15) is 5.75 Å². The Morgan fingerprint density at radius 3 is 2.54 bits per heavy atom. The van der Waals surface area contributed by atoms with Crippen molar-refractivity contribution in [2.24, 2.45) is 0 Å². The van der Waals surface area contributed by atoms with Gasteiger partial charge in [-0.15, -0.1) is 0 Å². The van der Waals surface area contributed by atoms with E-state index in [1.54, 1.807) is 36.8 Å². The zero-order valence-electron chi connectivity index (χ0n) is 14.9. The van der Waals surface area contributed by atoms with Gasteiger partial charge < -0.3 is 10.4 Å². The Balaban J connectivity index is 1.79. The van der Waals surface area contributed by atoms with Crippen molar-refractivity contribution >= 4 is 5.91 Å². The molecule has 132 valence electrons. The van der Waals surface area contributed by atoms with Gasteiger partial charge in [0, 0.05) is 35.4 Å². The van der Waals surface area contributed by atoms with E-state index < -0.39 is 0 Å². The van der Waals surface area contributed by atoms with Gasteiger partial charge in [-0.25, -0.2) is 9.97 Å². The van der Waals surface area contributed by atoms with Crippen LogP contribution >= 0.6 is 0 Å². The van der Waals surface area contributed by atoms with E-state index in [9.17, 15) is 9.90 Å². The van der Waals surface area contributed by atoms with E-state index in [1.165, 1.54) is 0 Å². The number of hydrogen-bond donors (Lipinski definition) is 2. The molecule has 1 amide bonds. The van der Waals surface area contributed by atoms with Crippen molar-refractivity contribution < 1.29 is 9.90 Å². The lowest BCUT2D eigenvalue weighted by molar-refractivity contribution is 0.0937. The smallest absolute Gasteiger partial charge is 0.255 e. The Morgan fingerprint density at radius 1 is 1.15 bits per heavy atom. The number of aromatic hydroxyl groups is 1. The second kappa shape index (κ2) is 7.31. The molecule has 6 nitrogen and oxygen atoms in total. The first-order chi connectivity index (χ1) is 12.5. The number of rotatable bonds is 4. The highest BCUT2D eigenvalue weighted by molar-refractivity contribution is 5.97. The Kier molecular flexibility index (Phi) is 4.93. The third kappa shape index (κ3) is 3.69. The third-order valence-corrected chi connectivity index (χ3v) is 4.17. The molecule has 1 unspecified atom stereocenters. The van der Waals surface area contributed by atoms with Gasteiger partial charge in [0.05, 0.1) is 11.6 Å². The summed E-state index contributed by atoms with van der Waals surface area (Å²) in [4.78, 5) is 25.4. The minimum atomic E-state index is -0.340. The molecular weight excluding hydrogens is 328 g/mol. The van der Waals surface area contributed by atoms with E-state index in [2.05, 4.69) is 20.3 Å². The predicted molar refractivity (Wildman–Crippen MR) is 98.7 cm³/mol. The molecule has 3 rings (SSSR count). The lowest BCUT2D eigenvalue weighted by Crippen LogP contribution is -2.27. The van der Waals surface area contributed by atoms with E-state index in [-0.39, 0.29) is 23.3 Å². The monoisotopic (exact) mass is 348 g/mol. The zero-order valence-corrected chi connectivity index (χ0v) is 14.9. The van der Waals surface area contributed by atoms with Crippen molar-refractivity contribution in [1.29, 1.82) is 0 Å². The van der Waals surface area contributed by atoms with Crippen LogP contribution in [0.4, 0.5) is 0 Å². The molecule has 1 aromatic carbocycles. The van der Waals surface area contributed by atoms with Gasteiger partial charge >= 0.3 is 0 Å². The van der Waals surface area contributed by atoms with Crippen molar-refractivity contribution in [3.05, 3.63) is 71.3 Å². The molecule has 2 N–H and O–H groups in total. The number of pyridine rings is 1. The number of benzene rings is 1. The number of aromatic nitrogens is 3. The summed E-state index contributed by atoms with van der Waals surface area (Å²) >= 11 is 0. The van der Waals surface area contributed by atoms with Crippen molar-refractivity contribution in [2.75, 3.05) is 0 Å². The first kappa shape index (κ1) is 17.5. The molecule has 1 atom stereocenters. The minimum Gasteiger partial charge on any atom is -0.507 e. The maximum atomic E-state index is 12.4. The number of hydrogen-bond acceptors (Lipinski definition) is 5. The lowest BCUT2D eigenvalue weighted by atomic mass is 10.1. The highest BCUT2D eigenvalue weighted by Crippen LogP contribution is 2.22. The molecular formula is C20H20N4O2. The van der Waals surface area contributed by atoms with Gasteiger partial charge in [0.15, 0.2) is 5.82 Å². The van der Waals surface area contributed by atoms with E-state index in [1.807, 2.05) is 32.9 Å². The van der Waals surface area contributed by atoms with Gasteiger partial charge in [-0.2, -0.15) is 0 Å². The van der Waals surface area contributed by atoms with E-state index in [0.717, 1.165) is 22.4 Å². The normalized spacial score (nSPS) is 11.8. The van der Waals surface area contributed by atoms with Crippen LogP contribution in [-0.2, 0) is 0 Å². The topological polar surface area (TPSA) is 88.0 Å². The second-order valence-corrected chi connectivity index (χ2v) is 6.19. The van der Waals surface area contributed by atoms with E-state index in [0.29, 0.717) is 5.82 Å². The van der Waals surface area contributed by atoms with Crippen LogP contribution in [0.1, 0.15) is 40.1 Å². The van der Waals surface area contributed by atoms with Crippen molar-refractivity contribution in [2.45, 2.75) is 26.8 Å². The summed E-state index contributed by atoms with van der Waals surface area (Å²) < 4.78 is 0. The average molecular weight is 348 g/mol. The van der Waals surface area contributed by atoms with Crippen LogP contribution in [-0.4, -0.2) is 26.0 Å². The van der Waals surface area contributed by atoms with E-state index in [4.69, 9.17) is 0 Å². The molecule has 2 aromatic heterocycles. The first-order valence-electron chi connectivity index (χ1n) is 8.30. The fourth-order valence-electron chi connectivity index (χ4n) is 2.73. The largest absolute Gasteiger partial charge is 0.507 e. The molecule has 2 heterocycles. The summed E-state index contributed by atoms with van der Waals surface area (Å²) in [6.07, 6.45) is 5.11. The molecule has 3 aromatic rings. The number of phenols is 1. The number of amides is 1. The van der Waals surface area contributed by atoms with Crippen molar-refractivity contribution in [1.82, 2.24) is 20.3 Å². The van der Waals surface area contributed by atoms with E-state index >= 15 is 0 Å². The fraction of sp³-hybridized carbons (Fsp3) is 0.200. The number of phenolic OH excluding ortho intramolecular Hbond substituents is 1. The van der Waals surface area contributed by atoms with Crippen LogP contribution in [0.15, 0.2) is 48.9 Å². The molecule has 0 saturated carbocycles. The van der Waals surface area contributed by atoms with Gasteiger partial charge in [0.25, 0.3) is 5.91 Å². The molecule has 0 saturated heterocycles. The molecule has 0 radical (unpaired) electrons. The molecule has 0 aliphatic heterocycles. The summed E-state index contributed by atoms with van der Waals surface area (Å²) in [6.45, 7) is 5.60. The predicted octanol–water partition coefficient (Wildman–Crippen LogP) is 3.35. The maximum absolute atomic E-state index is 12.4. The highest BCUT2D eigenvalue weighted by atomic mass is 16.3. The lowest BCUT2D eigenvalue weighted by Gasteiger charge is -2.17. The quantitative estimate of drug-likeness (QED) is 0.755. The number of carbonyl (C=O) groups excluding carboxylic acids is 1. The van der Waals surface area contributed by atoms with Gasteiger partial charge in [-0.3, -0.25) is 9.78 Å². The molecule has 0 spiro atoms. The molecule has 0 bridgehead atoms. The number of carbonyl (C=O) groups is 1. The highest BCUT2D eigenvalue weighted by Gasteiger charge is 2.17. The van der Waals surface area contributed by atoms with Gasteiger partial charge in [-0.05, 0) is 50.6 Å². The molecule has 0 aliphatic rings. The van der Waals surface area contributed by atoms with Crippen LogP contribution in [0.3, 0.4) is 0 Å². The van der Waals surface area contributed by atoms with Crippen molar-refractivity contribution in [3.8, 4) is 17.1 Å². The Hall–Kier alpha value is -3.28. The summed E-state index contributed by atoms with van der Waals surface area (Å²) in [5.74, 6) is 0.242. The Morgan fingerprint density at radius 2 is 1.88 bits per heavy atom. The third-order valence-electron chi connectivity index (χ3n) is 4.17. The standard InChI is InChI=1S/C20H20N4O2/c1-12-4-5-16(18(25)10-12)20(26)24-14(3)17-11-22-19(23-13(17)2)15-6-8-21-9-7-15/h4-11,14,25H,1-3H3,(H,24,26). The summed E-state index contributed by atoms with van der Waals surface area (Å²) in [7, 11) is 0. The molecule has 0 aliphatic carbocycles. The average Bonchev–Trinajstić information content (AvgIpc) is 2.62. The SMILES string of the molecule is Cc1ccc(C(=O)NC(C)c2cnc(-c3ccncc3)nc2C)c(O)c1. The number of aryl methyl sites for hydroxylation is 2. The Labute approximate surface area is 152 Å².